The summed E-state index contributed by atoms with van der Waals surface area (Å²) in [5, 5.41) is 10.2. The molecule has 1 unspecified atom stereocenters. The van der Waals surface area contributed by atoms with Gasteiger partial charge < -0.3 is 19.5 Å². The Bertz CT molecular complexity index is 1100. The molecule has 1 aliphatic heterocycles. The summed E-state index contributed by atoms with van der Waals surface area (Å²) in [6, 6.07) is 12.2. The van der Waals surface area contributed by atoms with Gasteiger partial charge in [-0.15, -0.1) is 0 Å². The second kappa shape index (κ2) is 10.4. The second-order valence-electron chi connectivity index (χ2n) is 9.39. The summed E-state index contributed by atoms with van der Waals surface area (Å²) in [4.78, 5) is 39.4. The summed E-state index contributed by atoms with van der Waals surface area (Å²) >= 11 is 12.8. The number of ether oxygens (including phenoxy) is 2. The Morgan fingerprint density at radius 3 is 2.44 bits per heavy atom. The van der Waals surface area contributed by atoms with Crippen LogP contribution in [0.3, 0.4) is 0 Å². The largest absolute Gasteiger partial charge is 0.391 e. The van der Waals surface area contributed by atoms with Crippen LogP contribution < -0.4 is 4.90 Å². The quantitative estimate of drug-likeness (QED) is 0.465. The number of hydrogen-bond acceptors (Lipinski definition) is 6. The van der Waals surface area contributed by atoms with Crippen LogP contribution in [0.15, 0.2) is 42.5 Å². The molecule has 0 bridgehead atoms. The fraction of sp³-hybridized carbons (Fsp3) is 0.400. The minimum absolute atomic E-state index is 0.288. The van der Waals surface area contributed by atoms with Gasteiger partial charge in [-0.3, -0.25) is 9.59 Å². The van der Waals surface area contributed by atoms with E-state index in [1.165, 1.54) is 6.92 Å². The Labute approximate surface area is 208 Å². The lowest BCUT2D eigenvalue weighted by Gasteiger charge is -2.31. The molecule has 34 heavy (non-hydrogen) atoms. The summed E-state index contributed by atoms with van der Waals surface area (Å²) in [5.74, 6) is -2.55. The molecule has 7 nitrogen and oxygen atoms in total. The Morgan fingerprint density at radius 1 is 1.15 bits per heavy atom. The Balaban J connectivity index is 2.11. The zero-order chi connectivity index (χ0) is 25.2. The molecular weight excluding hydrogens is 481 g/mol. The molecule has 0 aromatic heterocycles. The Kier molecular flexibility index (Phi) is 8.03. The van der Waals surface area contributed by atoms with E-state index >= 15 is 0 Å². The van der Waals surface area contributed by atoms with Crippen LogP contribution in [0, 0.1) is 5.41 Å². The number of carbonyl (C=O) groups excluding carboxylic acids is 3. The molecule has 1 heterocycles. The monoisotopic (exact) mass is 507 g/mol. The molecule has 9 heteroatoms. The summed E-state index contributed by atoms with van der Waals surface area (Å²) in [6.07, 6.45) is -4.10. The number of hydrogen-bond donors (Lipinski definition) is 1. The van der Waals surface area contributed by atoms with E-state index in [-0.39, 0.29) is 5.41 Å². The highest BCUT2D eigenvalue weighted by molar-refractivity contribution is 6.31. The van der Waals surface area contributed by atoms with Crippen LogP contribution in [0.4, 0.5) is 5.69 Å². The molecule has 2 aromatic rings. The van der Waals surface area contributed by atoms with Gasteiger partial charge in [-0.1, -0.05) is 62.2 Å². The first kappa shape index (κ1) is 26.2. The third kappa shape index (κ3) is 6.16. The van der Waals surface area contributed by atoms with Crippen LogP contribution in [-0.2, 0) is 23.9 Å². The summed E-state index contributed by atoms with van der Waals surface area (Å²) in [6.45, 7) is 7.46. The number of esters is 2. The van der Waals surface area contributed by atoms with Gasteiger partial charge in [-0.25, -0.2) is 4.79 Å². The molecule has 0 fully saturated rings. The molecule has 1 amide bonds. The van der Waals surface area contributed by atoms with Crippen LogP contribution in [0.1, 0.15) is 51.3 Å². The third-order valence-electron chi connectivity index (χ3n) is 5.13. The molecule has 2 aromatic carbocycles. The average Bonchev–Trinajstić information content (AvgIpc) is 2.83. The van der Waals surface area contributed by atoms with Crippen LogP contribution in [-0.4, -0.2) is 41.7 Å². The number of fused-ring (bicyclic) bond motifs is 1. The van der Waals surface area contributed by atoms with Crippen molar-refractivity contribution in [2.24, 2.45) is 5.41 Å². The van der Waals surface area contributed by atoms with Gasteiger partial charge in [-0.05, 0) is 36.6 Å². The zero-order valence-corrected chi connectivity index (χ0v) is 20.9. The lowest BCUT2D eigenvalue weighted by atomic mass is 9.94. The highest BCUT2D eigenvalue weighted by atomic mass is 35.5. The van der Waals surface area contributed by atoms with Gasteiger partial charge in [0.1, 0.15) is 18.3 Å². The van der Waals surface area contributed by atoms with E-state index in [0.717, 1.165) is 0 Å². The minimum Gasteiger partial charge on any atom is -0.391 e. The predicted molar refractivity (Wildman–Crippen MR) is 129 cm³/mol. The van der Waals surface area contributed by atoms with E-state index in [2.05, 4.69) is 4.74 Å². The van der Waals surface area contributed by atoms with Crippen molar-refractivity contribution in [3.63, 3.8) is 0 Å². The smallest absolute Gasteiger partial charge is 0.342 e. The predicted octanol–water partition coefficient (Wildman–Crippen LogP) is 4.70. The van der Waals surface area contributed by atoms with Crippen molar-refractivity contribution < 1.29 is 29.0 Å². The van der Waals surface area contributed by atoms with Gasteiger partial charge in [0, 0.05) is 33.4 Å². The fourth-order valence-electron chi connectivity index (χ4n) is 3.66. The number of anilines is 1. The van der Waals surface area contributed by atoms with Gasteiger partial charge in [0.2, 0.25) is 0 Å². The van der Waals surface area contributed by atoms with Gasteiger partial charge in [-0.2, -0.15) is 0 Å². The first-order valence-electron chi connectivity index (χ1n) is 10.8. The fourth-order valence-corrected chi connectivity index (χ4v) is 4.08. The second-order valence-corrected chi connectivity index (χ2v) is 10.2. The summed E-state index contributed by atoms with van der Waals surface area (Å²) < 4.78 is 10.9. The first-order valence-corrected chi connectivity index (χ1v) is 11.6. The standard InChI is InChI=1S/C25H27Cl2NO6/c1-14(29)24(32)34-21(30)12-20-23(31)28(13-25(2,3)4)19-10-9-15(26)11-17(19)22(33-20)16-7-5-6-8-18(16)27/h5-11,14,20,22,29H,12-13H2,1-4H3/t14?,20-,22-/m0/s1. The normalized spacial score (nSPS) is 19.3. The number of aliphatic hydroxyl groups excluding tert-OH is 1. The van der Waals surface area contributed by atoms with Crippen molar-refractivity contribution in [1.82, 2.24) is 0 Å². The number of carbonyl (C=O) groups is 3. The van der Waals surface area contributed by atoms with Crippen molar-refractivity contribution in [1.29, 1.82) is 0 Å². The van der Waals surface area contributed by atoms with Crippen LogP contribution >= 0.6 is 23.2 Å². The van der Waals surface area contributed by atoms with E-state index in [9.17, 15) is 19.5 Å². The highest BCUT2D eigenvalue weighted by Crippen LogP contribution is 2.42. The Hall–Kier alpha value is -2.45. The minimum atomic E-state index is -1.48. The average molecular weight is 508 g/mol. The molecule has 0 aliphatic carbocycles. The topological polar surface area (TPSA) is 93.1 Å². The van der Waals surface area contributed by atoms with Gasteiger partial charge in [0.15, 0.2) is 0 Å². The molecule has 1 N–H and O–H groups in total. The van der Waals surface area contributed by atoms with Crippen LogP contribution in [0.2, 0.25) is 10.0 Å². The summed E-state index contributed by atoms with van der Waals surface area (Å²) in [5.41, 5.74) is 1.51. The number of amides is 1. The molecule has 0 spiro atoms. The van der Waals surface area contributed by atoms with Gasteiger partial charge in [0.25, 0.3) is 5.91 Å². The maximum atomic E-state index is 13.7. The molecule has 3 rings (SSSR count). The van der Waals surface area contributed by atoms with Gasteiger partial charge in [0.05, 0.1) is 6.42 Å². The van der Waals surface area contributed by atoms with E-state index in [0.29, 0.717) is 33.4 Å². The van der Waals surface area contributed by atoms with Crippen molar-refractivity contribution in [2.45, 2.75) is 52.4 Å². The van der Waals surface area contributed by atoms with E-state index in [1.54, 1.807) is 47.4 Å². The molecule has 0 saturated heterocycles. The van der Waals surface area contributed by atoms with Crippen molar-refractivity contribution in [3.8, 4) is 0 Å². The molecular formula is C25H27Cl2NO6. The van der Waals surface area contributed by atoms with Crippen molar-refractivity contribution in [3.05, 3.63) is 63.6 Å². The van der Waals surface area contributed by atoms with E-state index in [4.69, 9.17) is 27.9 Å². The number of aliphatic hydroxyl groups is 1. The molecule has 3 atom stereocenters. The van der Waals surface area contributed by atoms with Crippen LogP contribution in [0.5, 0.6) is 0 Å². The summed E-state index contributed by atoms with van der Waals surface area (Å²) in [7, 11) is 0. The zero-order valence-electron chi connectivity index (χ0n) is 19.4. The number of halogens is 2. The van der Waals surface area contributed by atoms with E-state index < -0.39 is 42.6 Å². The van der Waals surface area contributed by atoms with Gasteiger partial charge >= 0.3 is 11.9 Å². The molecule has 1 aliphatic rings. The lowest BCUT2D eigenvalue weighted by molar-refractivity contribution is -0.168. The molecule has 182 valence electrons. The highest BCUT2D eigenvalue weighted by Gasteiger charge is 2.40. The maximum absolute atomic E-state index is 13.7. The Morgan fingerprint density at radius 2 is 1.82 bits per heavy atom. The van der Waals surface area contributed by atoms with E-state index in [1.807, 2.05) is 20.8 Å². The van der Waals surface area contributed by atoms with Crippen molar-refractivity contribution in [2.75, 3.05) is 11.4 Å². The number of benzene rings is 2. The van der Waals surface area contributed by atoms with Crippen LogP contribution in [0.25, 0.3) is 0 Å². The third-order valence-corrected chi connectivity index (χ3v) is 5.71. The molecule has 0 saturated carbocycles. The lowest BCUT2D eigenvalue weighted by Crippen LogP contribution is -2.44. The first-order chi connectivity index (χ1) is 15.9. The maximum Gasteiger partial charge on any atom is 0.342 e. The SMILES string of the molecule is CC(O)C(=O)OC(=O)C[C@@H]1O[C@@H](c2ccccc2Cl)c2cc(Cl)ccc2N(CC(C)(C)C)C1=O. The van der Waals surface area contributed by atoms with Crippen molar-refractivity contribution >= 4 is 46.7 Å². The molecule has 0 radical (unpaired) electrons. The number of nitrogens with zero attached hydrogens (tertiary/aromatic N) is 1. The number of rotatable bonds is 5.